The number of rotatable bonds is 5. The van der Waals surface area contributed by atoms with Gasteiger partial charge in [-0.3, -0.25) is 10.1 Å². The fourth-order valence-corrected chi connectivity index (χ4v) is 2.29. The Bertz CT molecular complexity index is 551. The Balaban J connectivity index is 1.91. The molecule has 17 heavy (non-hydrogen) atoms. The second-order valence-corrected chi connectivity index (χ2v) is 5.16. The van der Waals surface area contributed by atoms with Gasteiger partial charge in [-0.15, -0.1) is 0 Å². The molecule has 2 aromatic heterocycles. The molecule has 7 heteroatoms. The van der Waals surface area contributed by atoms with E-state index in [9.17, 15) is 8.42 Å². The molecule has 0 saturated heterocycles. The number of H-pyrrole nitrogens is 1. The largest absolute Gasteiger partial charge is 0.266 e. The molecule has 0 unspecified atom stereocenters. The van der Waals surface area contributed by atoms with E-state index >= 15 is 0 Å². The van der Waals surface area contributed by atoms with Crippen molar-refractivity contribution in [1.29, 1.82) is 0 Å². The summed E-state index contributed by atoms with van der Waals surface area (Å²) in [6.07, 6.45) is 5.38. The number of sulfonamides is 1. The fourth-order valence-electron chi connectivity index (χ4n) is 1.35. The predicted octanol–water partition coefficient (Wildman–Crippen LogP) is 0.326. The van der Waals surface area contributed by atoms with Crippen LogP contribution in [-0.4, -0.2) is 30.1 Å². The molecule has 2 rings (SSSR count). The van der Waals surface area contributed by atoms with Crippen LogP contribution in [0, 0.1) is 0 Å². The first kappa shape index (κ1) is 11.7. The summed E-state index contributed by atoms with van der Waals surface area (Å²) >= 11 is 0. The lowest BCUT2D eigenvalue weighted by molar-refractivity contribution is 0.577. The van der Waals surface area contributed by atoms with Crippen LogP contribution in [0.3, 0.4) is 0 Å². The second-order valence-electron chi connectivity index (χ2n) is 3.42. The summed E-state index contributed by atoms with van der Waals surface area (Å²) in [6.45, 7) is 0.339. The zero-order valence-corrected chi connectivity index (χ0v) is 9.81. The van der Waals surface area contributed by atoms with Gasteiger partial charge in [-0.25, -0.2) is 13.1 Å². The van der Waals surface area contributed by atoms with Gasteiger partial charge in [0.2, 0.25) is 0 Å². The fraction of sp³-hybridized carbons (Fsp3) is 0.200. The van der Waals surface area contributed by atoms with E-state index in [1.54, 1.807) is 12.4 Å². The summed E-state index contributed by atoms with van der Waals surface area (Å²) in [5.41, 5.74) is 1.03. The minimum absolute atomic E-state index is 0.0761. The van der Waals surface area contributed by atoms with Gasteiger partial charge < -0.3 is 0 Å². The number of aromatic amines is 1. The highest BCUT2D eigenvalue weighted by atomic mass is 32.2. The lowest BCUT2D eigenvalue weighted by Gasteiger charge is -2.04. The molecule has 6 nitrogen and oxygen atoms in total. The Morgan fingerprint density at radius 2 is 1.94 bits per heavy atom. The van der Waals surface area contributed by atoms with E-state index in [4.69, 9.17) is 0 Å². The Kier molecular flexibility index (Phi) is 3.50. The number of pyridine rings is 1. The molecule has 2 heterocycles. The third-order valence-electron chi connectivity index (χ3n) is 2.22. The van der Waals surface area contributed by atoms with Crippen molar-refractivity contribution in [2.75, 3.05) is 6.54 Å². The van der Waals surface area contributed by atoms with Gasteiger partial charge in [0, 0.05) is 18.9 Å². The van der Waals surface area contributed by atoms with Crippen molar-refractivity contribution in [3.63, 3.8) is 0 Å². The smallest absolute Gasteiger partial charge is 0.257 e. The molecule has 0 aliphatic carbocycles. The SMILES string of the molecule is O=S(=O)(NCCc1ccncc1)c1ccn[nH]1. The van der Waals surface area contributed by atoms with Gasteiger partial charge in [-0.1, -0.05) is 0 Å². The van der Waals surface area contributed by atoms with Crippen LogP contribution in [0.4, 0.5) is 0 Å². The van der Waals surface area contributed by atoms with Crippen LogP contribution in [0.1, 0.15) is 5.56 Å². The van der Waals surface area contributed by atoms with Crippen molar-refractivity contribution in [3.05, 3.63) is 42.4 Å². The second kappa shape index (κ2) is 5.07. The molecular weight excluding hydrogens is 240 g/mol. The normalized spacial score (nSPS) is 11.5. The van der Waals surface area contributed by atoms with Crippen molar-refractivity contribution in [3.8, 4) is 0 Å². The Morgan fingerprint density at radius 3 is 2.59 bits per heavy atom. The van der Waals surface area contributed by atoms with Gasteiger partial charge >= 0.3 is 0 Å². The van der Waals surface area contributed by atoms with Gasteiger partial charge in [0.15, 0.2) is 5.03 Å². The number of nitrogens with one attached hydrogen (secondary N) is 2. The zero-order valence-electron chi connectivity index (χ0n) is 9.00. The highest BCUT2D eigenvalue weighted by Gasteiger charge is 2.13. The van der Waals surface area contributed by atoms with Gasteiger partial charge in [-0.2, -0.15) is 5.10 Å². The van der Waals surface area contributed by atoms with E-state index in [0.29, 0.717) is 13.0 Å². The van der Waals surface area contributed by atoms with E-state index in [-0.39, 0.29) is 5.03 Å². The maximum Gasteiger partial charge on any atom is 0.257 e. The maximum absolute atomic E-state index is 11.7. The van der Waals surface area contributed by atoms with Crippen molar-refractivity contribution in [2.24, 2.45) is 0 Å². The van der Waals surface area contributed by atoms with Crippen LogP contribution in [0.2, 0.25) is 0 Å². The molecule has 0 atom stereocenters. The van der Waals surface area contributed by atoms with Crippen LogP contribution in [0.25, 0.3) is 0 Å². The first-order valence-electron chi connectivity index (χ1n) is 5.06. The molecule has 0 aliphatic rings. The number of nitrogens with zero attached hydrogens (tertiary/aromatic N) is 2. The lowest BCUT2D eigenvalue weighted by Crippen LogP contribution is -2.26. The molecule has 0 radical (unpaired) electrons. The van der Waals surface area contributed by atoms with Crippen molar-refractivity contribution >= 4 is 10.0 Å². The monoisotopic (exact) mass is 252 g/mol. The quantitative estimate of drug-likeness (QED) is 0.802. The molecular formula is C10H12N4O2S. The van der Waals surface area contributed by atoms with Crippen LogP contribution < -0.4 is 4.72 Å². The molecule has 0 amide bonds. The first-order valence-corrected chi connectivity index (χ1v) is 6.55. The Morgan fingerprint density at radius 1 is 1.18 bits per heavy atom. The molecule has 0 aliphatic heterocycles. The highest BCUT2D eigenvalue weighted by molar-refractivity contribution is 7.89. The molecule has 0 aromatic carbocycles. The van der Waals surface area contributed by atoms with Crippen molar-refractivity contribution in [2.45, 2.75) is 11.4 Å². The standard InChI is InChI=1S/C10H12N4O2S/c15-17(16,10-4-7-12-14-10)13-8-3-9-1-5-11-6-2-9/h1-2,4-7,13H,3,8H2,(H,12,14). The van der Waals surface area contributed by atoms with E-state index in [2.05, 4.69) is 19.9 Å². The van der Waals surface area contributed by atoms with Crippen LogP contribution in [0.15, 0.2) is 41.8 Å². The average Bonchev–Trinajstić information content (AvgIpc) is 2.84. The van der Waals surface area contributed by atoms with Gasteiger partial charge in [0.05, 0.1) is 6.20 Å². The third kappa shape index (κ3) is 3.11. The summed E-state index contributed by atoms with van der Waals surface area (Å²) in [5, 5.41) is 6.09. The zero-order chi connectivity index (χ0) is 12.1. The average molecular weight is 252 g/mol. The first-order chi connectivity index (χ1) is 8.18. The summed E-state index contributed by atoms with van der Waals surface area (Å²) in [7, 11) is -3.47. The summed E-state index contributed by atoms with van der Waals surface area (Å²) in [5.74, 6) is 0. The molecule has 0 bridgehead atoms. The van der Waals surface area contributed by atoms with Crippen molar-refractivity contribution in [1.82, 2.24) is 19.9 Å². The molecule has 90 valence electrons. The topological polar surface area (TPSA) is 87.7 Å². The third-order valence-corrected chi connectivity index (χ3v) is 3.61. The Hall–Kier alpha value is -1.73. The summed E-state index contributed by atoms with van der Waals surface area (Å²) in [4.78, 5) is 3.89. The van der Waals surface area contributed by atoms with E-state index in [0.717, 1.165) is 5.56 Å². The minimum Gasteiger partial charge on any atom is -0.266 e. The molecule has 2 aromatic rings. The predicted molar refractivity (Wildman–Crippen MR) is 61.7 cm³/mol. The summed E-state index contributed by atoms with van der Waals surface area (Å²) in [6, 6.07) is 5.11. The van der Waals surface area contributed by atoms with E-state index in [1.165, 1.54) is 12.3 Å². The van der Waals surface area contributed by atoms with E-state index in [1.807, 2.05) is 12.1 Å². The van der Waals surface area contributed by atoms with Crippen LogP contribution >= 0.6 is 0 Å². The lowest BCUT2D eigenvalue weighted by atomic mass is 10.2. The highest BCUT2D eigenvalue weighted by Crippen LogP contribution is 2.02. The molecule has 0 spiro atoms. The van der Waals surface area contributed by atoms with Gasteiger partial charge in [0.1, 0.15) is 0 Å². The molecule has 0 saturated carbocycles. The number of hydrogen-bond donors (Lipinski definition) is 2. The molecule has 0 fully saturated rings. The molecule has 2 N–H and O–H groups in total. The number of aromatic nitrogens is 3. The minimum atomic E-state index is -3.47. The van der Waals surface area contributed by atoms with Crippen LogP contribution in [-0.2, 0) is 16.4 Å². The maximum atomic E-state index is 11.7. The van der Waals surface area contributed by atoms with Gasteiger partial charge in [0.25, 0.3) is 10.0 Å². The van der Waals surface area contributed by atoms with Crippen LogP contribution in [0.5, 0.6) is 0 Å². The Labute approximate surface area is 99.1 Å². The van der Waals surface area contributed by atoms with Gasteiger partial charge in [-0.05, 0) is 30.2 Å². The summed E-state index contributed by atoms with van der Waals surface area (Å²) < 4.78 is 25.9. The van der Waals surface area contributed by atoms with E-state index < -0.39 is 10.0 Å². The van der Waals surface area contributed by atoms with Crippen molar-refractivity contribution < 1.29 is 8.42 Å². The number of hydrogen-bond acceptors (Lipinski definition) is 4.